The average molecular weight is 472 g/mol. The van der Waals surface area contributed by atoms with Crippen molar-refractivity contribution >= 4 is 36.4 Å². The molecule has 0 aliphatic carbocycles. The molecular weight excluding hydrogens is 435 g/mol. The molecule has 1 atom stereocenters. The molecule has 1 aliphatic rings. The van der Waals surface area contributed by atoms with Crippen LogP contribution in [0.5, 0.6) is 0 Å². The van der Waals surface area contributed by atoms with Crippen molar-refractivity contribution in [3.8, 4) is 0 Å². The van der Waals surface area contributed by atoms with E-state index in [-0.39, 0.29) is 31.4 Å². The van der Waals surface area contributed by atoms with Gasteiger partial charge in [-0.1, -0.05) is 83.9 Å². The van der Waals surface area contributed by atoms with Crippen molar-refractivity contribution in [2.75, 3.05) is 26.0 Å². The molecule has 3 aromatic rings. The Morgan fingerprint density at radius 1 is 0.800 bits per heavy atom. The van der Waals surface area contributed by atoms with E-state index in [1.54, 1.807) is 78.9 Å². The van der Waals surface area contributed by atoms with Crippen LogP contribution in [0.2, 0.25) is 5.02 Å². The molecule has 0 saturated carbocycles. The normalized spacial score (nSPS) is 26.3. The predicted octanol–water partition coefficient (Wildman–Crippen LogP) is 6.40. The molecule has 0 amide bonds. The summed E-state index contributed by atoms with van der Waals surface area (Å²) in [4.78, 5) is 1.36. The third-order valence-electron chi connectivity index (χ3n) is 4.63. The highest BCUT2D eigenvalue weighted by Crippen LogP contribution is 2.30. The molecule has 1 saturated heterocycles. The summed E-state index contributed by atoms with van der Waals surface area (Å²) in [5, 5.41) is 0.435. The van der Waals surface area contributed by atoms with E-state index in [2.05, 4.69) is 0 Å². The fraction of sp³-hybridized carbons (Fsp3) is 0.280. The lowest BCUT2D eigenvalue weighted by Gasteiger charge is -2.40. The van der Waals surface area contributed by atoms with Gasteiger partial charge in [0.05, 0.1) is 6.04 Å². The smallest absolute Gasteiger partial charge is 0.0602 e. The van der Waals surface area contributed by atoms with Gasteiger partial charge in [0.2, 0.25) is 0 Å². The Morgan fingerprint density at radius 2 is 1.37 bits per heavy atom. The van der Waals surface area contributed by atoms with Crippen LogP contribution >= 0.6 is 36.4 Å². The summed E-state index contributed by atoms with van der Waals surface area (Å²) in [6.07, 6.45) is 0. The first-order valence-electron chi connectivity index (χ1n) is 13.1. The van der Waals surface area contributed by atoms with Gasteiger partial charge >= 0.3 is 0 Å². The number of benzene rings is 3. The Bertz CT molecular complexity index is 1180. The molecule has 2 nitrogen and oxygen atoms in total. The number of nitrogens with zero attached hydrogens (tertiary/aromatic N) is 2. The Labute approximate surface area is 208 Å². The van der Waals surface area contributed by atoms with E-state index < -0.39 is 32.0 Å². The molecule has 0 radical (unpaired) electrons. The average Bonchev–Trinajstić information content (AvgIpc) is 2.82. The maximum atomic E-state index is 8.96. The van der Waals surface area contributed by atoms with Gasteiger partial charge < -0.3 is 0 Å². The van der Waals surface area contributed by atoms with Crippen LogP contribution in [0.3, 0.4) is 0 Å². The van der Waals surface area contributed by atoms with Gasteiger partial charge in [0.15, 0.2) is 0 Å². The fourth-order valence-corrected chi connectivity index (χ4v) is 3.27. The number of piperazine rings is 1. The third-order valence-corrected chi connectivity index (χ3v) is 4.88. The maximum absolute atomic E-state index is 8.96. The molecule has 0 spiro atoms. The molecular formula is C25H29Cl3N2. The van der Waals surface area contributed by atoms with Crippen LogP contribution in [0.15, 0.2) is 78.9 Å². The number of halogens is 3. The Kier molecular flexibility index (Phi) is 5.98. The van der Waals surface area contributed by atoms with Crippen LogP contribution < -0.4 is 0 Å². The highest BCUT2D eigenvalue weighted by molar-refractivity contribution is 6.30. The maximum Gasteiger partial charge on any atom is 0.0602 e. The first-order chi connectivity index (χ1) is 16.7. The van der Waals surface area contributed by atoms with Gasteiger partial charge in [0.25, 0.3) is 0 Å². The minimum Gasteiger partial charge on any atom is -0.297 e. The second-order valence-corrected chi connectivity index (χ2v) is 7.19. The van der Waals surface area contributed by atoms with Crippen LogP contribution in [-0.4, -0.2) is 35.8 Å². The highest BCUT2D eigenvalue weighted by atomic mass is 35.5. The minimum absolute atomic E-state index is 0. The number of hydrogen-bond acceptors (Lipinski definition) is 2. The van der Waals surface area contributed by atoms with Crippen molar-refractivity contribution in [3.63, 3.8) is 0 Å². The topological polar surface area (TPSA) is 6.48 Å². The Hall–Kier alpha value is -1.55. The van der Waals surface area contributed by atoms with E-state index >= 15 is 0 Å². The van der Waals surface area contributed by atoms with E-state index in [9.17, 15) is 0 Å². The van der Waals surface area contributed by atoms with Crippen LogP contribution in [0.25, 0.3) is 0 Å². The molecule has 1 heterocycles. The summed E-state index contributed by atoms with van der Waals surface area (Å²) in [6, 6.07) is 20.9. The number of aryl methyl sites for hydroxylation is 1. The lowest BCUT2D eigenvalue weighted by molar-refractivity contribution is 0.105. The van der Waals surface area contributed by atoms with Crippen LogP contribution in [0.4, 0.5) is 0 Å². The van der Waals surface area contributed by atoms with E-state index in [0.29, 0.717) is 31.5 Å². The zero-order valence-corrected chi connectivity index (χ0v) is 18.8. The van der Waals surface area contributed by atoms with Crippen LogP contribution in [0.1, 0.15) is 39.3 Å². The highest BCUT2D eigenvalue weighted by Gasteiger charge is 2.26. The van der Waals surface area contributed by atoms with Gasteiger partial charge in [0, 0.05) is 48.5 Å². The summed E-state index contributed by atoms with van der Waals surface area (Å²) in [7, 11) is 0. The molecule has 1 fully saturated rings. The van der Waals surface area contributed by atoms with Crippen molar-refractivity contribution in [1.29, 1.82) is 0 Å². The van der Waals surface area contributed by atoms with E-state index in [4.69, 9.17) is 22.6 Å². The minimum atomic E-state index is -2.95. The second-order valence-electron chi connectivity index (χ2n) is 6.75. The molecule has 160 valence electrons. The van der Waals surface area contributed by atoms with Gasteiger partial charge in [0.1, 0.15) is 0 Å². The molecule has 3 aromatic carbocycles. The van der Waals surface area contributed by atoms with Gasteiger partial charge in [-0.15, -0.1) is 24.8 Å². The summed E-state index contributed by atoms with van der Waals surface area (Å²) in [5.74, 6) is 0. The monoisotopic (exact) mass is 470 g/mol. The second kappa shape index (κ2) is 11.7. The van der Waals surface area contributed by atoms with Crippen molar-refractivity contribution in [1.82, 2.24) is 9.80 Å². The predicted molar refractivity (Wildman–Crippen MR) is 132 cm³/mol. The summed E-state index contributed by atoms with van der Waals surface area (Å²) in [6.45, 7) is -10.2. The van der Waals surface area contributed by atoms with Crippen molar-refractivity contribution < 1.29 is 11.0 Å². The molecule has 5 heteroatoms. The summed E-state index contributed by atoms with van der Waals surface area (Å²) in [5.41, 5.74) is 2.46. The fourth-order valence-electron chi connectivity index (χ4n) is 3.14. The molecule has 0 aromatic heterocycles. The van der Waals surface area contributed by atoms with E-state index in [0.717, 1.165) is 5.56 Å². The molecule has 30 heavy (non-hydrogen) atoms. The Morgan fingerprint density at radius 3 is 1.97 bits per heavy atom. The zero-order valence-electron chi connectivity index (χ0n) is 24.4. The van der Waals surface area contributed by atoms with Crippen LogP contribution in [-0.2, 0) is 6.54 Å². The summed E-state index contributed by atoms with van der Waals surface area (Å²) < 4.78 is 71.2. The van der Waals surface area contributed by atoms with Gasteiger partial charge in [-0.3, -0.25) is 9.80 Å². The zero-order chi connectivity index (χ0) is 26.5. The lowest BCUT2D eigenvalue weighted by atomic mass is 9.96. The van der Waals surface area contributed by atoms with E-state index in [1.165, 1.54) is 0 Å². The number of hydrogen-bond donors (Lipinski definition) is 0. The van der Waals surface area contributed by atoms with E-state index in [1.807, 2.05) is 6.92 Å². The van der Waals surface area contributed by atoms with Crippen LogP contribution in [0, 0.1) is 6.92 Å². The molecule has 4 rings (SSSR count). The van der Waals surface area contributed by atoms with Crippen molar-refractivity contribution in [3.05, 3.63) is 106 Å². The molecule has 1 aliphatic heterocycles. The SMILES string of the molecule is Cl.Cl.[2H]C1([2H])N(Cc2ccc(C)cc2)C([2H])([2H])C([2H])([2H])N(C(c2ccccc2)c2ccc(Cl)cc2)C1([2H])[2H]. The lowest BCUT2D eigenvalue weighted by Crippen LogP contribution is -2.47. The number of rotatable bonds is 5. The first kappa shape index (κ1) is 15.3. The largest absolute Gasteiger partial charge is 0.297 e. The van der Waals surface area contributed by atoms with Crippen molar-refractivity contribution in [2.24, 2.45) is 0 Å². The van der Waals surface area contributed by atoms with Gasteiger partial charge in [-0.25, -0.2) is 0 Å². The van der Waals surface area contributed by atoms with Gasteiger partial charge in [-0.2, -0.15) is 0 Å². The molecule has 1 unspecified atom stereocenters. The first-order valence-corrected chi connectivity index (χ1v) is 9.52. The van der Waals surface area contributed by atoms with Gasteiger partial charge in [-0.05, 0) is 35.7 Å². The molecule has 0 bridgehead atoms. The quantitative estimate of drug-likeness (QED) is 0.425. The summed E-state index contributed by atoms with van der Waals surface area (Å²) >= 11 is 6.07. The van der Waals surface area contributed by atoms with Crippen molar-refractivity contribution in [2.45, 2.75) is 19.5 Å². The molecule has 0 N–H and O–H groups in total. The standard InChI is InChI=1S/C25H27ClN2.2ClH/c1-20-7-9-21(10-8-20)19-27-15-17-28(18-16-27)25(22-5-3-2-4-6-22)23-11-13-24(26)14-12-23;;/h2-14,25H,15-19H2,1H3;2*1H/i15D2,16D2,17D2,18D2;;. The Balaban J connectivity index is 0.00000253. The third kappa shape index (κ3) is 6.23.